The van der Waals surface area contributed by atoms with E-state index in [1.54, 1.807) is 11.3 Å². The Morgan fingerprint density at radius 3 is 2.86 bits per heavy atom. The summed E-state index contributed by atoms with van der Waals surface area (Å²) in [7, 11) is 0. The van der Waals surface area contributed by atoms with Gasteiger partial charge in [0.1, 0.15) is 23.0 Å². The van der Waals surface area contributed by atoms with Crippen molar-refractivity contribution >= 4 is 22.7 Å². The molecule has 0 unspecified atom stereocenters. The van der Waals surface area contributed by atoms with Crippen LogP contribution >= 0.6 is 11.3 Å². The molecule has 1 aromatic heterocycles. The molecule has 0 atom stereocenters. The number of aromatic nitrogens is 1. The zero-order chi connectivity index (χ0) is 14.5. The minimum atomic E-state index is 0.833. The normalized spacial score (nSPS) is 14.1. The van der Waals surface area contributed by atoms with Gasteiger partial charge in [-0.1, -0.05) is 61.4 Å². The van der Waals surface area contributed by atoms with Crippen LogP contribution < -0.4 is 5.01 Å². The third-order valence-corrected chi connectivity index (χ3v) is 4.55. The van der Waals surface area contributed by atoms with Gasteiger partial charge in [0.05, 0.1) is 6.20 Å². The van der Waals surface area contributed by atoms with E-state index >= 15 is 0 Å². The number of nitrogens with zero attached hydrogens (tertiary/aromatic N) is 4. The third kappa shape index (κ3) is 3.42. The first-order chi connectivity index (χ1) is 10.4. The summed E-state index contributed by atoms with van der Waals surface area (Å²) >= 11 is 1.69. The number of thiazole rings is 1. The summed E-state index contributed by atoms with van der Waals surface area (Å²) in [5.41, 5.74) is 1.16. The van der Waals surface area contributed by atoms with Crippen LogP contribution in [-0.4, -0.2) is 29.4 Å². The average Bonchev–Trinajstić information content (AvgIpc) is 3.17. The standard InChI is InChI=1S/C16H20N4S/c1-2-3-7-10-19-12-18-20(13-19)15-11-17-16(21-15)14-8-5-4-6-9-14/h4-6,8-9,11-12H,2-3,7,10,13H2,1H3. The number of hydrazone groups is 1. The molecule has 4 nitrogen and oxygen atoms in total. The summed E-state index contributed by atoms with van der Waals surface area (Å²) in [5, 5.41) is 8.65. The lowest BCUT2D eigenvalue weighted by Crippen LogP contribution is -2.26. The first kappa shape index (κ1) is 14.1. The Balaban J connectivity index is 1.62. The molecule has 0 saturated carbocycles. The van der Waals surface area contributed by atoms with Gasteiger partial charge >= 0.3 is 0 Å². The molecule has 2 heterocycles. The van der Waals surface area contributed by atoms with Crippen molar-refractivity contribution in [1.82, 2.24) is 9.88 Å². The maximum atomic E-state index is 4.52. The molecule has 0 amide bonds. The Hall–Kier alpha value is -1.88. The number of unbranched alkanes of at least 4 members (excludes halogenated alkanes) is 2. The second-order valence-corrected chi connectivity index (χ2v) is 6.17. The Morgan fingerprint density at radius 2 is 2.05 bits per heavy atom. The molecule has 5 heteroatoms. The van der Waals surface area contributed by atoms with Gasteiger partial charge in [0, 0.05) is 12.1 Å². The van der Waals surface area contributed by atoms with Crippen LogP contribution in [0.2, 0.25) is 0 Å². The molecular weight excluding hydrogens is 280 g/mol. The van der Waals surface area contributed by atoms with Gasteiger partial charge in [-0.15, -0.1) is 0 Å². The largest absolute Gasteiger partial charge is 0.342 e. The van der Waals surface area contributed by atoms with Gasteiger partial charge in [-0.25, -0.2) is 9.99 Å². The lowest BCUT2D eigenvalue weighted by atomic mass is 10.2. The molecule has 2 aromatic rings. The zero-order valence-electron chi connectivity index (χ0n) is 12.3. The van der Waals surface area contributed by atoms with Crippen molar-refractivity contribution in [3.8, 4) is 10.6 Å². The maximum Gasteiger partial charge on any atom is 0.134 e. The van der Waals surface area contributed by atoms with Gasteiger partial charge in [-0.05, 0) is 6.42 Å². The molecule has 0 aliphatic carbocycles. The van der Waals surface area contributed by atoms with Crippen LogP contribution in [0.25, 0.3) is 10.6 Å². The minimum Gasteiger partial charge on any atom is -0.342 e. The second-order valence-electron chi connectivity index (χ2n) is 5.16. The van der Waals surface area contributed by atoms with Gasteiger partial charge in [-0.2, -0.15) is 5.10 Å². The number of benzene rings is 1. The van der Waals surface area contributed by atoms with Crippen molar-refractivity contribution in [1.29, 1.82) is 0 Å². The van der Waals surface area contributed by atoms with E-state index in [0.29, 0.717) is 0 Å². The highest BCUT2D eigenvalue weighted by molar-refractivity contribution is 7.18. The Labute approximate surface area is 129 Å². The zero-order valence-corrected chi connectivity index (χ0v) is 13.1. The molecule has 0 spiro atoms. The van der Waals surface area contributed by atoms with E-state index < -0.39 is 0 Å². The van der Waals surface area contributed by atoms with E-state index in [-0.39, 0.29) is 0 Å². The van der Waals surface area contributed by atoms with Crippen LogP contribution in [-0.2, 0) is 0 Å². The molecule has 0 fully saturated rings. The summed E-state index contributed by atoms with van der Waals surface area (Å²) in [4.78, 5) is 6.78. The van der Waals surface area contributed by atoms with E-state index in [2.05, 4.69) is 34.0 Å². The van der Waals surface area contributed by atoms with Gasteiger partial charge in [0.25, 0.3) is 0 Å². The van der Waals surface area contributed by atoms with Crippen LogP contribution in [0.15, 0.2) is 41.6 Å². The van der Waals surface area contributed by atoms with Crippen LogP contribution in [0.4, 0.5) is 5.00 Å². The number of hydrogen-bond donors (Lipinski definition) is 0. The van der Waals surface area contributed by atoms with Crippen molar-refractivity contribution in [2.24, 2.45) is 5.10 Å². The fourth-order valence-corrected chi connectivity index (χ4v) is 3.17. The summed E-state index contributed by atoms with van der Waals surface area (Å²) in [6.07, 6.45) is 7.62. The van der Waals surface area contributed by atoms with E-state index in [0.717, 1.165) is 28.8 Å². The van der Waals surface area contributed by atoms with Gasteiger partial charge in [-0.3, -0.25) is 0 Å². The van der Waals surface area contributed by atoms with Crippen molar-refractivity contribution in [3.63, 3.8) is 0 Å². The first-order valence-electron chi connectivity index (χ1n) is 7.44. The maximum absolute atomic E-state index is 4.52. The van der Waals surface area contributed by atoms with Gasteiger partial charge in [0.15, 0.2) is 0 Å². The quantitative estimate of drug-likeness (QED) is 0.755. The highest BCUT2D eigenvalue weighted by Gasteiger charge is 2.17. The number of rotatable bonds is 6. The number of anilines is 1. The molecule has 0 saturated heterocycles. The monoisotopic (exact) mass is 300 g/mol. The van der Waals surface area contributed by atoms with Crippen LogP contribution in [0, 0.1) is 0 Å². The molecule has 21 heavy (non-hydrogen) atoms. The van der Waals surface area contributed by atoms with E-state index in [9.17, 15) is 0 Å². The average molecular weight is 300 g/mol. The van der Waals surface area contributed by atoms with E-state index in [1.807, 2.05) is 35.7 Å². The molecule has 0 bridgehead atoms. The first-order valence-corrected chi connectivity index (χ1v) is 8.25. The third-order valence-electron chi connectivity index (χ3n) is 3.49. The lowest BCUT2D eigenvalue weighted by Gasteiger charge is -2.17. The Morgan fingerprint density at radius 1 is 1.19 bits per heavy atom. The molecule has 110 valence electrons. The van der Waals surface area contributed by atoms with Gasteiger partial charge in [0.2, 0.25) is 0 Å². The van der Waals surface area contributed by atoms with Gasteiger partial charge < -0.3 is 4.90 Å². The molecule has 0 radical (unpaired) electrons. The summed E-state index contributed by atoms with van der Waals surface area (Å²) in [5.74, 6) is 0. The van der Waals surface area contributed by atoms with Crippen LogP contribution in [0.1, 0.15) is 26.2 Å². The summed E-state index contributed by atoms with van der Waals surface area (Å²) in [6, 6.07) is 10.3. The van der Waals surface area contributed by atoms with Crippen molar-refractivity contribution < 1.29 is 0 Å². The van der Waals surface area contributed by atoms with Crippen molar-refractivity contribution in [2.75, 3.05) is 18.2 Å². The molecule has 1 aliphatic rings. The second kappa shape index (κ2) is 6.72. The van der Waals surface area contributed by atoms with Crippen LogP contribution in [0.3, 0.4) is 0 Å². The smallest absolute Gasteiger partial charge is 0.134 e. The molecule has 3 rings (SSSR count). The fourth-order valence-electron chi connectivity index (χ4n) is 2.30. The summed E-state index contributed by atoms with van der Waals surface area (Å²) < 4.78 is 0. The molecule has 0 N–H and O–H groups in total. The highest BCUT2D eigenvalue weighted by atomic mass is 32.1. The molecule has 1 aliphatic heterocycles. The Bertz CT molecular complexity index is 593. The van der Waals surface area contributed by atoms with Crippen LogP contribution in [0.5, 0.6) is 0 Å². The van der Waals surface area contributed by atoms with Crippen molar-refractivity contribution in [3.05, 3.63) is 36.5 Å². The molecule has 1 aromatic carbocycles. The highest BCUT2D eigenvalue weighted by Crippen LogP contribution is 2.31. The lowest BCUT2D eigenvalue weighted by molar-refractivity contribution is 0.437. The SMILES string of the molecule is CCCCCN1C=NN(c2cnc(-c3ccccc3)s2)C1. The van der Waals surface area contributed by atoms with Crippen molar-refractivity contribution in [2.45, 2.75) is 26.2 Å². The van der Waals surface area contributed by atoms with E-state index in [4.69, 9.17) is 0 Å². The summed E-state index contributed by atoms with van der Waals surface area (Å²) in [6.45, 7) is 4.14. The van der Waals surface area contributed by atoms with E-state index in [1.165, 1.54) is 19.3 Å². The molecular formula is C16H20N4S. The predicted molar refractivity (Wildman–Crippen MR) is 89.6 cm³/mol. The topological polar surface area (TPSA) is 31.7 Å². The fraction of sp³-hybridized carbons (Fsp3) is 0.375. The minimum absolute atomic E-state index is 0.833. The Kier molecular flexibility index (Phi) is 4.50. The predicted octanol–water partition coefficient (Wildman–Crippen LogP) is 4.02. The number of hydrogen-bond acceptors (Lipinski definition) is 5.